The van der Waals surface area contributed by atoms with Gasteiger partial charge in [-0.2, -0.15) is 0 Å². The molecule has 0 radical (unpaired) electrons. The Hall–Kier alpha value is -2.84. The second kappa shape index (κ2) is 4.93. The van der Waals surface area contributed by atoms with Gasteiger partial charge in [-0.1, -0.05) is 5.21 Å². The highest BCUT2D eigenvalue weighted by Crippen LogP contribution is 2.21. The minimum atomic E-state index is -1.12. The van der Waals surface area contributed by atoms with Crippen molar-refractivity contribution >= 4 is 11.9 Å². The Labute approximate surface area is 119 Å². The SMILES string of the molecule is Cc1cnc(C(=O)N2CC(n3cc(C(=O)O)nn3)C2)cn1. The number of rotatable bonds is 3. The van der Waals surface area contributed by atoms with E-state index in [-0.39, 0.29) is 17.6 Å². The average Bonchev–Trinajstić information content (AvgIpc) is 2.87. The second-order valence-electron chi connectivity index (χ2n) is 4.80. The zero-order valence-corrected chi connectivity index (χ0v) is 11.2. The van der Waals surface area contributed by atoms with Gasteiger partial charge >= 0.3 is 5.97 Å². The molecule has 2 aromatic rings. The summed E-state index contributed by atoms with van der Waals surface area (Å²) in [7, 11) is 0. The summed E-state index contributed by atoms with van der Waals surface area (Å²) >= 11 is 0. The first-order valence-electron chi connectivity index (χ1n) is 6.27. The maximum absolute atomic E-state index is 12.1. The van der Waals surface area contributed by atoms with E-state index in [1.54, 1.807) is 18.0 Å². The number of carbonyl (C=O) groups is 2. The van der Waals surface area contributed by atoms with E-state index in [0.29, 0.717) is 18.8 Å². The Morgan fingerprint density at radius 1 is 1.24 bits per heavy atom. The van der Waals surface area contributed by atoms with E-state index in [0.717, 1.165) is 5.69 Å². The molecule has 9 nitrogen and oxygen atoms in total. The minimum absolute atomic E-state index is 0.0621. The summed E-state index contributed by atoms with van der Waals surface area (Å²) in [6.07, 6.45) is 4.35. The highest BCUT2D eigenvalue weighted by molar-refractivity contribution is 5.92. The van der Waals surface area contributed by atoms with Crippen LogP contribution in [0, 0.1) is 6.92 Å². The molecule has 21 heavy (non-hydrogen) atoms. The lowest BCUT2D eigenvalue weighted by molar-refractivity contribution is 0.0491. The number of nitrogens with zero attached hydrogens (tertiary/aromatic N) is 6. The number of aryl methyl sites for hydroxylation is 1. The molecule has 3 heterocycles. The molecule has 0 spiro atoms. The maximum Gasteiger partial charge on any atom is 0.358 e. The zero-order valence-electron chi connectivity index (χ0n) is 11.2. The zero-order chi connectivity index (χ0) is 15.0. The van der Waals surface area contributed by atoms with Gasteiger partial charge in [0, 0.05) is 19.3 Å². The maximum atomic E-state index is 12.1. The molecule has 0 aliphatic carbocycles. The van der Waals surface area contributed by atoms with Crippen LogP contribution >= 0.6 is 0 Å². The predicted octanol–water partition coefficient (Wildman–Crippen LogP) is -0.228. The van der Waals surface area contributed by atoms with Crippen molar-refractivity contribution in [2.75, 3.05) is 13.1 Å². The molecule has 1 fully saturated rings. The molecule has 1 saturated heterocycles. The monoisotopic (exact) mass is 288 g/mol. The Morgan fingerprint density at radius 2 is 2.00 bits per heavy atom. The lowest BCUT2D eigenvalue weighted by atomic mass is 10.1. The van der Waals surface area contributed by atoms with Crippen LogP contribution in [0.25, 0.3) is 0 Å². The summed E-state index contributed by atoms with van der Waals surface area (Å²) in [5.74, 6) is -1.32. The molecule has 0 atom stereocenters. The molecular weight excluding hydrogens is 276 g/mol. The Kier molecular flexibility index (Phi) is 3.09. The highest BCUT2D eigenvalue weighted by atomic mass is 16.4. The van der Waals surface area contributed by atoms with Crippen molar-refractivity contribution in [3.8, 4) is 0 Å². The molecule has 1 N–H and O–H groups in total. The predicted molar refractivity (Wildman–Crippen MR) is 68.7 cm³/mol. The number of carboxylic acids is 1. The molecule has 1 amide bonds. The molecule has 2 aromatic heterocycles. The van der Waals surface area contributed by atoms with E-state index in [2.05, 4.69) is 20.3 Å². The minimum Gasteiger partial charge on any atom is -0.476 e. The van der Waals surface area contributed by atoms with Crippen molar-refractivity contribution in [1.82, 2.24) is 29.9 Å². The van der Waals surface area contributed by atoms with Crippen LogP contribution < -0.4 is 0 Å². The van der Waals surface area contributed by atoms with Gasteiger partial charge in [0.15, 0.2) is 5.69 Å². The molecule has 9 heteroatoms. The summed E-state index contributed by atoms with van der Waals surface area (Å²) in [6.45, 7) is 2.68. The number of aromatic carboxylic acids is 1. The van der Waals surface area contributed by atoms with E-state index >= 15 is 0 Å². The van der Waals surface area contributed by atoms with Crippen LogP contribution in [0.3, 0.4) is 0 Å². The van der Waals surface area contributed by atoms with Gasteiger partial charge in [-0.25, -0.2) is 14.5 Å². The number of amides is 1. The second-order valence-corrected chi connectivity index (χ2v) is 4.80. The smallest absolute Gasteiger partial charge is 0.358 e. The van der Waals surface area contributed by atoms with Crippen molar-refractivity contribution in [2.45, 2.75) is 13.0 Å². The quantitative estimate of drug-likeness (QED) is 0.829. The number of carbonyl (C=O) groups excluding carboxylic acids is 1. The molecule has 3 rings (SSSR count). The van der Waals surface area contributed by atoms with Crippen molar-refractivity contribution in [1.29, 1.82) is 0 Å². The van der Waals surface area contributed by atoms with Crippen LogP contribution in [0.2, 0.25) is 0 Å². The molecule has 108 valence electrons. The summed E-state index contributed by atoms with van der Waals surface area (Å²) < 4.78 is 1.47. The third kappa shape index (κ3) is 2.45. The highest BCUT2D eigenvalue weighted by Gasteiger charge is 2.34. The average molecular weight is 288 g/mol. The van der Waals surface area contributed by atoms with Crippen molar-refractivity contribution in [3.63, 3.8) is 0 Å². The van der Waals surface area contributed by atoms with E-state index in [9.17, 15) is 9.59 Å². The van der Waals surface area contributed by atoms with Crippen LogP contribution in [0.15, 0.2) is 18.6 Å². The number of hydrogen-bond acceptors (Lipinski definition) is 6. The summed E-state index contributed by atoms with van der Waals surface area (Å²) in [6, 6.07) is -0.0621. The number of carboxylic acid groups (broad SMARTS) is 1. The van der Waals surface area contributed by atoms with Crippen LogP contribution in [0.4, 0.5) is 0 Å². The number of aromatic nitrogens is 5. The van der Waals surface area contributed by atoms with E-state index < -0.39 is 5.97 Å². The van der Waals surface area contributed by atoms with E-state index in [1.165, 1.54) is 17.1 Å². The number of likely N-dealkylation sites (tertiary alicyclic amines) is 1. The van der Waals surface area contributed by atoms with Crippen LogP contribution in [-0.4, -0.2) is 59.9 Å². The van der Waals surface area contributed by atoms with Crippen LogP contribution in [0.1, 0.15) is 32.7 Å². The van der Waals surface area contributed by atoms with Gasteiger partial charge in [0.1, 0.15) is 5.69 Å². The normalized spacial score (nSPS) is 14.8. The molecule has 0 unspecified atom stereocenters. The summed E-state index contributed by atoms with van der Waals surface area (Å²) in [5.41, 5.74) is 0.935. The fraction of sp³-hybridized carbons (Fsp3) is 0.333. The lowest BCUT2D eigenvalue weighted by Crippen LogP contribution is -2.51. The van der Waals surface area contributed by atoms with Crippen LogP contribution in [0.5, 0.6) is 0 Å². The standard InChI is InChI=1S/C12H12N6O3/c1-7-2-14-9(3-13-7)11(19)17-4-8(5-17)18-6-10(12(20)21)15-16-18/h2-3,6,8H,4-5H2,1H3,(H,20,21). The summed E-state index contributed by atoms with van der Waals surface area (Å²) in [5, 5.41) is 16.1. The van der Waals surface area contributed by atoms with Crippen molar-refractivity contribution in [3.05, 3.63) is 35.7 Å². The van der Waals surface area contributed by atoms with Gasteiger partial charge in [-0.15, -0.1) is 5.10 Å². The lowest BCUT2D eigenvalue weighted by Gasteiger charge is -2.38. The fourth-order valence-corrected chi connectivity index (χ4v) is 2.01. The topological polar surface area (TPSA) is 114 Å². The van der Waals surface area contributed by atoms with Crippen LogP contribution in [-0.2, 0) is 0 Å². The molecular formula is C12H12N6O3. The molecule has 1 aliphatic heterocycles. The van der Waals surface area contributed by atoms with Gasteiger partial charge in [-0.3, -0.25) is 9.78 Å². The molecule has 0 bridgehead atoms. The molecule has 0 aromatic carbocycles. The third-order valence-electron chi connectivity index (χ3n) is 3.25. The van der Waals surface area contributed by atoms with Gasteiger partial charge in [0.2, 0.25) is 0 Å². The van der Waals surface area contributed by atoms with E-state index in [1.807, 2.05) is 0 Å². The first kappa shape index (κ1) is 13.2. The van der Waals surface area contributed by atoms with Gasteiger partial charge in [0.25, 0.3) is 5.91 Å². The number of hydrogen-bond donors (Lipinski definition) is 1. The molecule has 1 aliphatic rings. The van der Waals surface area contributed by atoms with E-state index in [4.69, 9.17) is 5.11 Å². The Balaban J connectivity index is 1.63. The van der Waals surface area contributed by atoms with Crippen molar-refractivity contribution in [2.24, 2.45) is 0 Å². The van der Waals surface area contributed by atoms with Gasteiger partial charge < -0.3 is 10.0 Å². The summed E-state index contributed by atoms with van der Waals surface area (Å²) in [4.78, 5) is 32.5. The van der Waals surface area contributed by atoms with Gasteiger partial charge in [0.05, 0.1) is 24.1 Å². The molecule has 0 saturated carbocycles. The van der Waals surface area contributed by atoms with Crippen molar-refractivity contribution < 1.29 is 14.7 Å². The first-order chi connectivity index (χ1) is 10.0. The third-order valence-corrected chi connectivity index (χ3v) is 3.25. The largest absolute Gasteiger partial charge is 0.476 e. The first-order valence-corrected chi connectivity index (χ1v) is 6.27. The van der Waals surface area contributed by atoms with Gasteiger partial charge in [-0.05, 0) is 6.92 Å². The fourth-order valence-electron chi connectivity index (χ4n) is 2.01. The Morgan fingerprint density at radius 3 is 2.57 bits per heavy atom. The Bertz CT molecular complexity index is 689.